The Morgan fingerprint density at radius 2 is 1.90 bits per heavy atom. The molecule has 1 aliphatic heterocycles. The number of nitrogens with one attached hydrogen (secondary N) is 1. The highest BCUT2D eigenvalue weighted by molar-refractivity contribution is 5.84. The van der Waals surface area contributed by atoms with E-state index in [1.807, 2.05) is 49.9 Å². The molecule has 1 saturated heterocycles. The van der Waals surface area contributed by atoms with Gasteiger partial charge in [0.25, 0.3) is 5.91 Å². The van der Waals surface area contributed by atoms with Crippen LogP contribution in [0.5, 0.6) is 5.75 Å². The summed E-state index contributed by atoms with van der Waals surface area (Å²) in [5, 5.41) is 3.30. The molecule has 1 heterocycles. The predicted molar refractivity (Wildman–Crippen MR) is 80.0 cm³/mol. The van der Waals surface area contributed by atoms with Crippen molar-refractivity contribution in [2.24, 2.45) is 0 Å². The Labute approximate surface area is 121 Å². The van der Waals surface area contributed by atoms with Gasteiger partial charge in [0, 0.05) is 19.6 Å². The Bertz CT molecular complexity index is 446. The molecule has 4 nitrogen and oxygen atoms in total. The van der Waals surface area contributed by atoms with Crippen LogP contribution in [0.2, 0.25) is 0 Å². The second-order valence-corrected chi connectivity index (χ2v) is 5.82. The molecular weight excluding hydrogens is 252 g/mol. The van der Waals surface area contributed by atoms with Crippen molar-refractivity contribution in [3.8, 4) is 5.75 Å². The van der Waals surface area contributed by atoms with Crippen LogP contribution in [0.25, 0.3) is 0 Å². The molecule has 110 valence electrons. The number of amides is 1. The highest BCUT2D eigenvalue weighted by atomic mass is 16.5. The van der Waals surface area contributed by atoms with E-state index in [9.17, 15) is 4.79 Å². The van der Waals surface area contributed by atoms with Crippen molar-refractivity contribution in [2.45, 2.75) is 32.8 Å². The molecule has 0 aromatic heterocycles. The van der Waals surface area contributed by atoms with Crippen LogP contribution in [0.3, 0.4) is 0 Å². The molecule has 1 aromatic carbocycles. The van der Waals surface area contributed by atoms with Crippen molar-refractivity contribution >= 4 is 5.91 Å². The number of benzene rings is 1. The van der Waals surface area contributed by atoms with Crippen LogP contribution in [0, 0.1) is 6.92 Å². The molecule has 0 aliphatic carbocycles. The molecule has 0 bridgehead atoms. The standard InChI is InChI=1S/C16H24N2O2/c1-13-5-7-14(8-6-13)20-16(2,3)15(19)18-11-4-9-17-10-12-18/h5-8,17H,4,9-12H2,1-3H3. The number of carbonyl (C=O) groups excluding carboxylic acids is 1. The van der Waals surface area contributed by atoms with Crippen LogP contribution in [0.4, 0.5) is 0 Å². The summed E-state index contributed by atoms with van der Waals surface area (Å²) in [4.78, 5) is 14.5. The van der Waals surface area contributed by atoms with Gasteiger partial charge in [-0.25, -0.2) is 0 Å². The molecule has 0 spiro atoms. The lowest BCUT2D eigenvalue weighted by molar-refractivity contribution is -0.145. The van der Waals surface area contributed by atoms with Gasteiger partial charge in [0.05, 0.1) is 0 Å². The van der Waals surface area contributed by atoms with Crippen molar-refractivity contribution in [1.29, 1.82) is 0 Å². The summed E-state index contributed by atoms with van der Waals surface area (Å²) >= 11 is 0. The molecule has 4 heteroatoms. The zero-order chi connectivity index (χ0) is 14.6. The van der Waals surface area contributed by atoms with Gasteiger partial charge in [0.1, 0.15) is 5.75 Å². The highest BCUT2D eigenvalue weighted by Gasteiger charge is 2.34. The maximum atomic E-state index is 12.6. The van der Waals surface area contributed by atoms with Crippen molar-refractivity contribution < 1.29 is 9.53 Å². The van der Waals surface area contributed by atoms with E-state index in [0.717, 1.165) is 38.3 Å². The molecule has 1 N–H and O–H groups in total. The van der Waals surface area contributed by atoms with E-state index >= 15 is 0 Å². The number of hydrogen-bond acceptors (Lipinski definition) is 3. The SMILES string of the molecule is Cc1ccc(OC(C)(C)C(=O)N2CCCNCC2)cc1. The fourth-order valence-electron chi connectivity index (χ4n) is 2.37. The average molecular weight is 276 g/mol. The second kappa shape index (κ2) is 6.27. The first kappa shape index (κ1) is 14.9. The first-order valence-electron chi connectivity index (χ1n) is 7.25. The average Bonchev–Trinajstić information content (AvgIpc) is 2.69. The first-order chi connectivity index (χ1) is 9.49. The van der Waals surface area contributed by atoms with Gasteiger partial charge in [-0.1, -0.05) is 17.7 Å². The van der Waals surface area contributed by atoms with E-state index in [-0.39, 0.29) is 5.91 Å². The van der Waals surface area contributed by atoms with E-state index in [2.05, 4.69) is 5.32 Å². The van der Waals surface area contributed by atoms with Crippen LogP contribution in [-0.4, -0.2) is 42.6 Å². The third-order valence-electron chi connectivity index (χ3n) is 3.54. The van der Waals surface area contributed by atoms with Gasteiger partial charge < -0.3 is 15.0 Å². The van der Waals surface area contributed by atoms with Crippen LogP contribution in [0.15, 0.2) is 24.3 Å². The predicted octanol–water partition coefficient (Wildman–Crippen LogP) is 1.97. The number of carbonyl (C=O) groups is 1. The minimum atomic E-state index is -0.834. The van der Waals surface area contributed by atoms with Gasteiger partial charge in [-0.3, -0.25) is 4.79 Å². The van der Waals surface area contributed by atoms with Crippen LogP contribution in [0.1, 0.15) is 25.8 Å². The Balaban J connectivity index is 2.04. The van der Waals surface area contributed by atoms with Crippen LogP contribution >= 0.6 is 0 Å². The summed E-state index contributed by atoms with van der Waals surface area (Å²) in [5.41, 5.74) is 0.347. The lowest BCUT2D eigenvalue weighted by atomic mass is 10.1. The summed E-state index contributed by atoms with van der Waals surface area (Å²) in [5.74, 6) is 0.795. The molecule has 1 fully saturated rings. The molecule has 1 amide bonds. The number of ether oxygens (including phenoxy) is 1. The van der Waals surface area contributed by atoms with E-state index in [0.29, 0.717) is 0 Å². The van der Waals surface area contributed by atoms with E-state index in [4.69, 9.17) is 4.74 Å². The van der Waals surface area contributed by atoms with Gasteiger partial charge in [-0.2, -0.15) is 0 Å². The Hall–Kier alpha value is -1.55. The van der Waals surface area contributed by atoms with Crippen molar-refractivity contribution in [3.63, 3.8) is 0 Å². The summed E-state index contributed by atoms with van der Waals surface area (Å²) in [6.45, 7) is 9.09. The van der Waals surface area contributed by atoms with Crippen molar-refractivity contribution in [1.82, 2.24) is 10.2 Å². The quantitative estimate of drug-likeness (QED) is 0.918. The van der Waals surface area contributed by atoms with Gasteiger partial charge in [-0.05, 0) is 45.9 Å². The first-order valence-corrected chi connectivity index (χ1v) is 7.25. The van der Waals surface area contributed by atoms with Gasteiger partial charge >= 0.3 is 0 Å². The fourth-order valence-corrected chi connectivity index (χ4v) is 2.37. The zero-order valence-corrected chi connectivity index (χ0v) is 12.6. The van der Waals surface area contributed by atoms with Crippen LogP contribution < -0.4 is 10.1 Å². The van der Waals surface area contributed by atoms with Gasteiger partial charge in [0.2, 0.25) is 0 Å². The highest BCUT2D eigenvalue weighted by Crippen LogP contribution is 2.21. The third kappa shape index (κ3) is 3.73. The smallest absolute Gasteiger partial charge is 0.266 e. The Morgan fingerprint density at radius 1 is 1.20 bits per heavy atom. The van der Waals surface area contributed by atoms with E-state index in [1.165, 1.54) is 5.56 Å². The van der Waals surface area contributed by atoms with Gasteiger partial charge in [-0.15, -0.1) is 0 Å². The fraction of sp³-hybridized carbons (Fsp3) is 0.562. The maximum Gasteiger partial charge on any atom is 0.266 e. The summed E-state index contributed by atoms with van der Waals surface area (Å²) < 4.78 is 5.90. The maximum absolute atomic E-state index is 12.6. The summed E-state index contributed by atoms with van der Waals surface area (Å²) in [6.07, 6.45) is 0.992. The number of nitrogens with zero attached hydrogens (tertiary/aromatic N) is 1. The lowest BCUT2D eigenvalue weighted by Crippen LogP contribution is -2.49. The lowest BCUT2D eigenvalue weighted by Gasteiger charge is -2.31. The second-order valence-electron chi connectivity index (χ2n) is 5.82. The molecule has 0 unspecified atom stereocenters. The Kier molecular flexibility index (Phi) is 4.65. The minimum Gasteiger partial charge on any atom is -0.478 e. The summed E-state index contributed by atoms with van der Waals surface area (Å²) in [6, 6.07) is 7.81. The topological polar surface area (TPSA) is 41.6 Å². The van der Waals surface area contributed by atoms with E-state index < -0.39 is 5.60 Å². The van der Waals surface area contributed by atoms with Gasteiger partial charge in [0.15, 0.2) is 5.60 Å². The molecular formula is C16H24N2O2. The summed E-state index contributed by atoms with van der Waals surface area (Å²) in [7, 11) is 0. The monoisotopic (exact) mass is 276 g/mol. The minimum absolute atomic E-state index is 0.0572. The molecule has 0 radical (unpaired) electrons. The van der Waals surface area contributed by atoms with E-state index in [1.54, 1.807) is 0 Å². The van der Waals surface area contributed by atoms with Crippen molar-refractivity contribution in [3.05, 3.63) is 29.8 Å². The molecule has 2 rings (SSSR count). The number of aryl methyl sites for hydroxylation is 1. The van der Waals surface area contributed by atoms with Crippen molar-refractivity contribution in [2.75, 3.05) is 26.2 Å². The molecule has 0 saturated carbocycles. The number of hydrogen-bond donors (Lipinski definition) is 1. The molecule has 20 heavy (non-hydrogen) atoms. The zero-order valence-electron chi connectivity index (χ0n) is 12.6. The number of rotatable bonds is 3. The Morgan fingerprint density at radius 3 is 2.60 bits per heavy atom. The molecule has 1 aliphatic rings. The normalized spacial score (nSPS) is 16.6. The third-order valence-corrected chi connectivity index (χ3v) is 3.54. The van der Waals surface area contributed by atoms with Crippen LogP contribution in [-0.2, 0) is 4.79 Å². The molecule has 1 aromatic rings. The largest absolute Gasteiger partial charge is 0.478 e. The molecule has 0 atom stereocenters.